The van der Waals surface area contributed by atoms with Gasteiger partial charge in [-0.25, -0.2) is 0 Å². The van der Waals surface area contributed by atoms with Gasteiger partial charge in [-0.05, 0) is 53.9 Å². The molecule has 0 bridgehead atoms. The van der Waals surface area contributed by atoms with E-state index in [4.69, 9.17) is 18.6 Å². The molecule has 1 aliphatic rings. The smallest absolute Gasteiger partial charge is 0.200 e. The summed E-state index contributed by atoms with van der Waals surface area (Å²) in [5.74, 6) is 2.19. The van der Waals surface area contributed by atoms with Gasteiger partial charge in [-0.2, -0.15) is 0 Å². The van der Waals surface area contributed by atoms with Crippen molar-refractivity contribution < 1.29 is 18.6 Å². The number of halogens is 1. The SMILES string of the molecule is COc1ccc(CCN2COc3ccc4c(=O)c(-c5ccc(Br)cc5)coc4c3C2)cc1OC. The molecule has 0 unspecified atom stereocenters. The average Bonchev–Trinajstić information content (AvgIpc) is 2.88. The van der Waals surface area contributed by atoms with E-state index >= 15 is 0 Å². The van der Waals surface area contributed by atoms with Crippen molar-refractivity contribution in [3.63, 3.8) is 0 Å². The normalized spacial score (nSPS) is 13.4. The predicted molar refractivity (Wildman–Crippen MR) is 135 cm³/mol. The molecule has 174 valence electrons. The highest BCUT2D eigenvalue weighted by Crippen LogP contribution is 2.33. The monoisotopic (exact) mass is 521 g/mol. The van der Waals surface area contributed by atoms with E-state index in [0.29, 0.717) is 35.6 Å². The van der Waals surface area contributed by atoms with Crippen LogP contribution in [-0.2, 0) is 13.0 Å². The molecule has 0 atom stereocenters. The molecule has 0 saturated heterocycles. The van der Waals surface area contributed by atoms with Gasteiger partial charge in [-0.3, -0.25) is 9.69 Å². The standard InChI is InChI=1S/C27H24BrNO5/c1-31-24-9-3-17(13-25(24)32-2)11-12-29-14-21-23(34-16-29)10-8-20-26(30)22(15-33-27(20)21)18-4-6-19(28)7-5-18/h3-10,13,15H,11-12,14,16H2,1-2H3. The molecule has 6 nitrogen and oxygen atoms in total. The highest BCUT2D eigenvalue weighted by molar-refractivity contribution is 9.10. The number of methoxy groups -OCH3 is 2. The minimum atomic E-state index is -0.0474. The highest BCUT2D eigenvalue weighted by Gasteiger charge is 2.23. The van der Waals surface area contributed by atoms with Gasteiger partial charge in [0.25, 0.3) is 0 Å². The molecule has 4 aromatic rings. The average molecular weight is 522 g/mol. The molecule has 34 heavy (non-hydrogen) atoms. The Kier molecular flexibility index (Phi) is 6.30. The van der Waals surface area contributed by atoms with E-state index in [1.165, 1.54) is 0 Å². The van der Waals surface area contributed by atoms with Gasteiger partial charge in [-0.1, -0.05) is 34.1 Å². The number of ether oxygens (including phenoxy) is 3. The van der Waals surface area contributed by atoms with Crippen LogP contribution in [0, 0.1) is 0 Å². The Morgan fingerprint density at radius 1 is 1.00 bits per heavy atom. The Morgan fingerprint density at radius 3 is 2.56 bits per heavy atom. The molecule has 1 aromatic heterocycles. The Morgan fingerprint density at radius 2 is 1.79 bits per heavy atom. The second-order valence-electron chi connectivity index (χ2n) is 8.17. The van der Waals surface area contributed by atoms with E-state index in [1.54, 1.807) is 26.5 Å². The zero-order chi connectivity index (χ0) is 23.7. The quantitative estimate of drug-likeness (QED) is 0.327. The van der Waals surface area contributed by atoms with Gasteiger partial charge in [0.15, 0.2) is 11.5 Å². The van der Waals surface area contributed by atoms with E-state index in [2.05, 4.69) is 20.8 Å². The van der Waals surface area contributed by atoms with E-state index in [9.17, 15) is 4.79 Å². The third kappa shape index (κ3) is 4.29. The lowest BCUT2D eigenvalue weighted by atomic mass is 10.0. The molecule has 0 spiro atoms. The zero-order valence-corrected chi connectivity index (χ0v) is 20.6. The Bertz CT molecular complexity index is 1400. The highest BCUT2D eigenvalue weighted by atomic mass is 79.9. The zero-order valence-electron chi connectivity index (χ0n) is 19.0. The molecule has 0 saturated carbocycles. The van der Waals surface area contributed by atoms with Crippen LogP contribution in [0.15, 0.2) is 74.5 Å². The molecule has 0 aliphatic carbocycles. The first-order valence-electron chi connectivity index (χ1n) is 11.0. The summed E-state index contributed by atoms with van der Waals surface area (Å²) in [6.45, 7) is 1.90. The Balaban J connectivity index is 1.39. The number of rotatable bonds is 6. The van der Waals surface area contributed by atoms with E-state index in [1.807, 2.05) is 48.5 Å². The third-order valence-electron chi connectivity index (χ3n) is 6.11. The van der Waals surface area contributed by atoms with Crippen molar-refractivity contribution in [2.75, 3.05) is 27.5 Å². The van der Waals surface area contributed by atoms with Gasteiger partial charge >= 0.3 is 0 Å². The van der Waals surface area contributed by atoms with Crippen molar-refractivity contribution in [1.82, 2.24) is 4.90 Å². The fourth-order valence-electron chi connectivity index (χ4n) is 4.25. The van der Waals surface area contributed by atoms with Crippen molar-refractivity contribution in [3.05, 3.63) is 86.7 Å². The minimum Gasteiger partial charge on any atom is -0.493 e. The summed E-state index contributed by atoms with van der Waals surface area (Å²) in [4.78, 5) is 15.5. The number of benzene rings is 3. The van der Waals surface area contributed by atoms with E-state index in [0.717, 1.165) is 45.6 Å². The first-order chi connectivity index (χ1) is 16.6. The van der Waals surface area contributed by atoms with Crippen LogP contribution >= 0.6 is 15.9 Å². The molecule has 0 N–H and O–H groups in total. The first-order valence-corrected chi connectivity index (χ1v) is 11.8. The van der Waals surface area contributed by atoms with Gasteiger partial charge in [0, 0.05) is 17.6 Å². The van der Waals surface area contributed by atoms with E-state index in [-0.39, 0.29) is 5.43 Å². The summed E-state index contributed by atoms with van der Waals surface area (Å²) in [6.07, 6.45) is 2.37. The number of hydrogen-bond donors (Lipinski definition) is 0. The summed E-state index contributed by atoms with van der Waals surface area (Å²) in [6, 6.07) is 17.2. The Labute approximate surface area is 205 Å². The van der Waals surface area contributed by atoms with Gasteiger partial charge in [-0.15, -0.1) is 0 Å². The first kappa shape index (κ1) is 22.5. The predicted octanol–water partition coefficient (Wildman–Crippen LogP) is 5.63. The lowest BCUT2D eigenvalue weighted by molar-refractivity contribution is 0.0968. The van der Waals surface area contributed by atoms with Crippen LogP contribution in [0.25, 0.3) is 22.1 Å². The second-order valence-corrected chi connectivity index (χ2v) is 9.09. The molecule has 3 aromatic carbocycles. The van der Waals surface area contributed by atoms with Crippen LogP contribution in [0.2, 0.25) is 0 Å². The van der Waals surface area contributed by atoms with Crippen LogP contribution in [-0.4, -0.2) is 32.4 Å². The molecule has 7 heteroatoms. The van der Waals surface area contributed by atoms with Crippen LogP contribution in [0.5, 0.6) is 17.2 Å². The minimum absolute atomic E-state index is 0.0474. The maximum absolute atomic E-state index is 13.3. The van der Waals surface area contributed by atoms with Gasteiger partial charge in [0.1, 0.15) is 24.3 Å². The summed E-state index contributed by atoms with van der Waals surface area (Å²) < 4.78 is 23.7. The van der Waals surface area contributed by atoms with Crippen molar-refractivity contribution in [3.8, 4) is 28.4 Å². The molecule has 0 radical (unpaired) electrons. The maximum Gasteiger partial charge on any atom is 0.200 e. The number of hydrogen-bond acceptors (Lipinski definition) is 6. The van der Waals surface area contributed by atoms with Crippen LogP contribution in [0.1, 0.15) is 11.1 Å². The lowest BCUT2D eigenvalue weighted by Crippen LogP contribution is -2.33. The van der Waals surface area contributed by atoms with E-state index < -0.39 is 0 Å². The van der Waals surface area contributed by atoms with Crippen molar-refractivity contribution in [2.45, 2.75) is 13.0 Å². The Hall–Kier alpha value is -3.29. The summed E-state index contributed by atoms with van der Waals surface area (Å²) in [5.41, 5.74) is 3.95. The maximum atomic E-state index is 13.3. The molecule has 5 rings (SSSR count). The van der Waals surface area contributed by atoms with Crippen LogP contribution in [0.3, 0.4) is 0 Å². The molecule has 1 aliphatic heterocycles. The van der Waals surface area contributed by atoms with Crippen LogP contribution in [0.4, 0.5) is 0 Å². The number of fused-ring (bicyclic) bond motifs is 3. The topological polar surface area (TPSA) is 61.1 Å². The molecule has 2 heterocycles. The van der Waals surface area contributed by atoms with Crippen molar-refractivity contribution in [1.29, 1.82) is 0 Å². The van der Waals surface area contributed by atoms with Gasteiger partial charge < -0.3 is 18.6 Å². The fraction of sp³-hybridized carbons (Fsp3) is 0.222. The third-order valence-corrected chi connectivity index (χ3v) is 6.63. The van der Waals surface area contributed by atoms with Crippen LogP contribution < -0.4 is 19.6 Å². The molecule has 0 amide bonds. The molecule has 0 fully saturated rings. The van der Waals surface area contributed by atoms with Crippen molar-refractivity contribution >= 4 is 26.9 Å². The van der Waals surface area contributed by atoms with Crippen molar-refractivity contribution in [2.24, 2.45) is 0 Å². The number of nitrogens with zero attached hydrogens (tertiary/aromatic N) is 1. The summed E-state index contributed by atoms with van der Waals surface area (Å²) >= 11 is 3.43. The fourth-order valence-corrected chi connectivity index (χ4v) is 4.51. The summed E-state index contributed by atoms with van der Waals surface area (Å²) in [7, 11) is 3.27. The largest absolute Gasteiger partial charge is 0.493 e. The second kappa shape index (κ2) is 9.52. The van der Waals surface area contributed by atoms with Gasteiger partial charge in [0.05, 0.1) is 30.7 Å². The molecular formula is C27H24BrNO5. The summed E-state index contributed by atoms with van der Waals surface area (Å²) in [5, 5.41) is 0.560. The van der Waals surface area contributed by atoms with Gasteiger partial charge in [0.2, 0.25) is 5.43 Å². The lowest BCUT2D eigenvalue weighted by Gasteiger charge is -2.29. The molecular weight excluding hydrogens is 498 g/mol.